The van der Waals surface area contributed by atoms with Crippen molar-refractivity contribution in [2.75, 3.05) is 0 Å². The normalized spacial score (nSPS) is 19.9. The largest absolute Gasteiger partial charge is 0.345 e. The Hall–Kier alpha value is -0.830. The van der Waals surface area contributed by atoms with E-state index in [1.165, 1.54) is 37.1 Å². The Morgan fingerprint density at radius 3 is 2.83 bits per heavy atom. The number of imidazole rings is 1. The third-order valence-electron chi connectivity index (χ3n) is 3.68. The molecule has 1 aromatic rings. The van der Waals surface area contributed by atoms with Gasteiger partial charge in [-0.25, -0.2) is 4.98 Å². The van der Waals surface area contributed by atoms with Gasteiger partial charge in [-0.3, -0.25) is 0 Å². The molecule has 1 atom stereocenters. The smallest absolute Gasteiger partial charge is 0.120 e. The van der Waals surface area contributed by atoms with Gasteiger partial charge in [-0.15, -0.1) is 0 Å². The number of nitrogens with one attached hydrogen (secondary N) is 2. The molecule has 0 aromatic carbocycles. The zero-order chi connectivity index (χ0) is 13.2. The highest BCUT2D eigenvalue weighted by Gasteiger charge is 2.21. The quantitative estimate of drug-likeness (QED) is 0.860. The van der Waals surface area contributed by atoms with E-state index >= 15 is 0 Å². The highest BCUT2D eigenvalue weighted by molar-refractivity contribution is 5.18. The Morgan fingerprint density at radius 1 is 1.39 bits per heavy atom. The minimum absolute atomic E-state index is 0.151. The monoisotopic (exact) mass is 249 g/mol. The van der Waals surface area contributed by atoms with Crippen molar-refractivity contribution >= 4 is 0 Å². The van der Waals surface area contributed by atoms with Crippen LogP contribution in [0.1, 0.15) is 64.2 Å². The third kappa shape index (κ3) is 3.58. The second-order valence-electron chi connectivity index (χ2n) is 6.61. The van der Waals surface area contributed by atoms with E-state index in [9.17, 15) is 0 Å². The molecule has 0 amide bonds. The standard InChI is InChI=1S/C15H27N3/c1-5-6-11-7-8-12-13(9-11)18-14(17-12)10-16-15(2,3)4/h11,16H,5-10H2,1-4H3,(H,17,18). The molecule has 3 nitrogen and oxygen atoms in total. The number of aryl methyl sites for hydroxylation is 1. The molecular formula is C15H27N3. The topological polar surface area (TPSA) is 40.7 Å². The van der Waals surface area contributed by atoms with Gasteiger partial charge in [-0.05, 0) is 46.0 Å². The summed E-state index contributed by atoms with van der Waals surface area (Å²) in [7, 11) is 0. The van der Waals surface area contributed by atoms with Crippen LogP contribution >= 0.6 is 0 Å². The molecule has 3 heteroatoms. The first-order valence-electron chi connectivity index (χ1n) is 7.29. The highest BCUT2D eigenvalue weighted by Crippen LogP contribution is 2.26. The molecule has 1 heterocycles. The maximum absolute atomic E-state index is 4.73. The second kappa shape index (κ2) is 5.43. The molecule has 2 N–H and O–H groups in total. The van der Waals surface area contributed by atoms with Crippen LogP contribution in [-0.2, 0) is 19.4 Å². The first kappa shape index (κ1) is 13.6. The van der Waals surface area contributed by atoms with Crippen LogP contribution < -0.4 is 5.32 Å². The first-order chi connectivity index (χ1) is 8.48. The van der Waals surface area contributed by atoms with Gasteiger partial charge >= 0.3 is 0 Å². The molecule has 1 aliphatic carbocycles. The highest BCUT2D eigenvalue weighted by atomic mass is 15.0. The molecule has 1 aromatic heterocycles. The number of aromatic amines is 1. The lowest BCUT2D eigenvalue weighted by Crippen LogP contribution is -2.35. The summed E-state index contributed by atoms with van der Waals surface area (Å²) in [4.78, 5) is 8.25. The molecule has 0 fully saturated rings. The number of rotatable bonds is 4. The van der Waals surface area contributed by atoms with Gasteiger partial charge in [0.1, 0.15) is 5.82 Å². The van der Waals surface area contributed by atoms with Crippen molar-refractivity contribution in [3.63, 3.8) is 0 Å². The number of H-pyrrole nitrogens is 1. The van der Waals surface area contributed by atoms with E-state index in [1.807, 2.05) is 0 Å². The summed E-state index contributed by atoms with van der Waals surface area (Å²) in [6.45, 7) is 9.68. The summed E-state index contributed by atoms with van der Waals surface area (Å²) in [6, 6.07) is 0. The molecule has 1 unspecified atom stereocenters. The van der Waals surface area contributed by atoms with Gasteiger partial charge in [0.25, 0.3) is 0 Å². The van der Waals surface area contributed by atoms with Crippen LogP contribution in [-0.4, -0.2) is 15.5 Å². The van der Waals surface area contributed by atoms with Crippen LogP contribution in [0.2, 0.25) is 0 Å². The average molecular weight is 249 g/mol. The van der Waals surface area contributed by atoms with Gasteiger partial charge in [-0.1, -0.05) is 19.8 Å². The number of hydrogen-bond acceptors (Lipinski definition) is 2. The molecule has 0 aliphatic heterocycles. The first-order valence-corrected chi connectivity index (χ1v) is 7.29. The van der Waals surface area contributed by atoms with Crippen molar-refractivity contribution in [2.24, 2.45) is 5.92 Å². The van der Waals surface area contributed by atoms with Gasteiger partial charge < -0.3 is 10.3 Å². The predicted molar refractivity (Wildman–Crippen MR) is 75.6 cm³/mol. The Bertz CT molecular complexity index is 387. The van der Waals surface area contributed by atoms with Crippen molar-refractivity contribution in [3.05, 3.63) is 17.2 Å². The van der Waals surface area contributed by atoms with Gasteiger partial charge in [0, 0.05) is 11.2 Å². The summed E-state index contributed by atoms with van der Waals surface area (Å²) >= 11 is 0. The van der Waals surface area contributed by atoms with E-state index in [0.29, 0.717) is 0 Å². The van der Waals surface area contributed by atoms with E-state index in [0.717, 1.165) is 24.7 Å². The Kier molecular flexibility index (Phi) is 4.10. The minimum Gasteiger partial charge on any atom is -0.345 e. The lowest BCUT2D eigenvalue weighted by molar-refractivity contribution is 0.415. The fourth-order valence-corrected chi connectivity index (χ4v) is 2.70. The lowest BCUT2D eigenvalue weighted by Gasteiger charge is -2.20. The number of nitrogens with zero attached hydrogens (tertiary/aromatic N) is 1. The van der Waals surface area contributed by atoms with Crippen molar-refractivity contribution in [1.29, 1.82) is 0 Å². The summed E-state index contributed by atoms with van der Waals surface area (Å²) < 4.78 is 0. The Labute approximate surface area is 111 Å². The van der Waals surface area contributed by atoms with Crippen molar-refractivity contribution in [2.45, 2.75) is 71.9 Å². The van der Waals surface area contributed by atoms with Gasteiger partial charge in [0.05, 0.1) is 12.2 Å². The molecular weight excluding hydrogens is 222 g/mol. The fraction of sp³-hybridized carbons (Fsp3) is 0.800. The zero-order valence-corrected chi connectivity index (χ0v) is 12.3. The van der Waals surface area contributed by atoms with Crippen molar-refractivity contribution < 1.29 is 0 Å². The van der Waals surface area contributed by atoms with E-state index in [-0.39, 0.29) is 5.54 Å². The lowest BCUT2D eigenvalue weighted by atomic mass is 9.87. The molecule has 18 heavy (non-hydrogen) atoms. The van der Waals surface area contributed by atoms with E-state index in [4.69, 9.17) is 4.98 Å². The third-order valence-corrected chi connectivity index (χ3v) is 3.68. The van der Waals surface area contributed by atoms with Crippen LogP contribution in [0.5, 0.6) is 0 Å². The molecule has 1 aliphatic rings. The molecule has 2 rings (SSSR count). The fourth-order valence-electron chi connectivity index (χ4n) is 2.70. The molecule has 0 saturated carbocycles. The van der Waals surface area contributed by atoms with Crippen molar-refractivity contribution in [3.8, 4) is 0 Å². The number of aromatic nitrogens is 2. The molecule has 102 valence electrons. The van der Waals surface area contributed by atoms with E-state index in [1.54, 1.807) is 0 Å². The van der Waals surface area contributed by atoms with Crippen LogP contribution in [0.3, 0.4) is 0 Å². The summed E-state index contributed by atoms with van der Waals surface area (Å²) in [6.07, 6.45) is 6.33. The summed E-state index contributed by atoms with van der Waals surface area (Å²) in [5.41, 5.74) is 2.86. The Morgan fingerprint density at radius 2 is 2.17 bits per heavy atom. The van der Waals surface area contributed by atoms with Crippen LogP contribution in [0.15, 0.2) is 0 Å². The van der Waals surface area contributed by atoms with Gasteiger partial charge in [0.15, 0.2) is 0 Å². The van der Waals surface area contributed by atoms with Gasteiger partial charge in [0.2, 0.25) is 0 Å². The van der Waals surface area contributed by atoms with E-state index in [2.05, 4.69) is 38.0 Å². The summed E-state index contributed by atoms with van der Waals surface area (Å²) in [5, 5.41) is 3.49. The minimum atomic E-state index is 0.151. The Balaban J connectivity index is 1.97. The average Bonchev–Trinajstić information content (AvgIpc) is 2.68. The van der Waals surface area contributed by atoms with Crippen molar-refractivity contribution in [1.82, 2.24) is 15.3 Å². The number of hydrogen-bond donors (Lipinski definition) is 2. The molecule has 0 radical (unpaired) electrons. The van der Waals surface area contributed by atoms with Gasteiger partial charge in [-0.2, -0.15) is 0 Å². The maximum Gasteiger partial charge on any atom is 0.120 e. The molecule has 0 spiro atoms. The second-order valence-corrected chi connectivity index (χ2v) is 6.61. The molecule has 0 saturated heterocycles. The van der Waals surface area contributed by atoms with Crippen LogP contribution in [0.25, 0.3) is 0 Å². The maximum atomic E-state index is 4.73. The predicted octanol–water partition coefficient (Wildman–Crippen LogP) is 3.20. The van der Waals surface area contributed by atoms with Crippen LogP contribution in [0, 0.1) is 5.92 Å². The van der Waals surface area contributed by atoms with E-state index < -0.39 is 0 Å². The zero-order valence-electron chi connectivity index (χ0n) is 12.3. The SMILES string of the molecule is CCCC1CCc2nc(CNC(C)(C)C)[nH]c2C1. The summed E-state index contributed by atoms with van der Waals surface area (Å²) in [5.74, 6) is 1.97. The van der Waals surface area contributed by atoms with Crippen LogP contribution in [0.4, 0.5) is 0 Å². The number of fused-ring (bicyclic) bond motifs is 1. The molecule has 0 bridgehead atoms.